The van der Waals surface area contributed by atoms with Crippen LogP contribution in [-0.2, 0) is 6.42 Å². The maximum Gasteiger partial charge on any atom is 0.123 e. The van der Waals surface area contributed by atoms with Crippen molar-refractivity contribution in [2.75, 3.05) is 6.54 Å². The van der Waals surface area contributed by atoms with E-state index in [4.69, 9.17) is 4.98 Å². The lowest BCUT2D eigenvalue weighted by molar-refractivity contribution is 0.454. The molecule has 1 aliphatic carbocycles. The van der Waals surface area contributed by atoms with Gasteiger partial charge in [-0.05, 0) is 44.4 Å². The fourth-order valence-electron chi connectivity index (χ4n) is 2.65. The minimum atomic E-state index is 0.458. The normalized spacial score (nSPS) is 18.0. The molecule has 0 aliphatic heterocycles. The van der Waals surface area contributed by atoms with E-state index >= 15 is 0 Å². The molecule has 4 heteroatoms. The molecule has 0 saturated heterocycles. The van der Waals surface area contributed by atoms with E-state index in [1.807, 2.05) is 11.3 Å². The summed E-state index contributed by atoms with van der Waals surface area (Å²) < 4.78 is 1.12. The molecule has 1 aromatic heterocycles. The molecule has 0 amide bonds. The summed E-state index contributed by atoms with van der Waals surface area (Å²) in [6.07, 6.45) is 4.86. The number of hydrogen-bond acceptors (Lipinski definition) is 3. The van der Waals surface area contributed by atoms with Gasteiger partial charge in [-0.2, -0.15) is 0 Å². The predicted molar refractivity (Wildman–Crippen MR) is 89.2 cm³/mol. The van der Waals surface area contributed by atoms with Crippen LogP contribution in [0.5, 0.6) is 0 Å². The third-order valence-electron chi connectivity index (χ3n) is 3.69. The zero-order valence-corrected chi connectivity index (χ0v) is 14.1. The number of thiazole rings is 1. The van der Waals surface area contributed by atoms with Gasteiger partial charge in [0.25, 0.3) is 0 Å². The van der Waals surface area contributed by atoms with Crippen molar-refractivity contribution < 1.29 is 0 Å². The Hall–Kier alpha value is -0.710. The molecule has 0 saturated carbocycles. The van der Waals surface area contributed by atoms with Gasteiger partial charge in [0.2, 0.25) is 0 Å². The average Bonchev–Trinajstić information content (AvgIpc) is 2.90. The lowest BCUT2D eigenvalue weighted by Crippen LogP contribution is -2.25. The van der Waals surface area contributed by atoms with E-state index in [9.17, 15) is 0 Å². The molecule has 106 valence electrons. The molecule has 0 fully saturated rings. The van der Waals surface area contributed by atoms with Crippen molar-refractivity contribution >= 4 is 27.3 Å². The Morgan fingerprint density at radius 3 is 2.90 bits per heavy atom. The third kappa shape index (κ3) is 2.97. The molecule has 0 spiro atoms. The van der Waals surface area contributed by atoms with Gasteiger partial charge in [-0.1, -0.05) is 35.0 Å². The second kappa shape index (κ2) is 6.37. The maximum absolute atomic E-state index is 4.93. The molecular weight excluding hydrogens is 332 g/mol. The highest BCUT2D eigenvalue weighted by Crippen LogP contribution is 2.37. The van der Waals surface area contributed by atoms with E-state index in [1.165, 1.54) is 41.8 Å². The topological polar surface area (TPSA) is 24.9 Å². The van der Waals surface area contributed by atoms with Gasteiger partial charge in [-0.25, -0.2) is 4.98 Å². The number of hydrogen-bond donors (Lipinski definition) is 1. The lowest BCUT2D eigenvalue weighted by atomic mass is 9.97. The first-order chi connectivity index (χ1) is 9.78. The van der Waals surface area contributed by atoms with Crippen molar-refractivity contribution in [2.45, 2.75) is 38.6 Å². The average molecular weight is 351 g/mol. The fraction of sp³-hybridized carbons (Fsp3) is 0.438. The van der Waals surface area contributed by atoms with Crippen molar-refractivity contribution in [3.8, 4) is 10.6 Å². The van der Waals surface area contributed by atoms with E-state index in [0.717, 1.165) is 16.0 Å². The zero-order chi connectivity index (χ0) is 13.9. The molecule has 1 atom stereocenters. The molecule has 2 nitrogen and oxygen atoms in total. The Bertz CT molecular complexity index is 577. The smallest absolute Gasteiger partial charge is 0.123 e. The summed E-state index contributed by atoms with van der Waals surface area (Å²) in [5.74, 6) is 0. The highest BCUT2D eigenvalue weighted by Gasteiger charge is 2.24. The quantitative estimate of drug-likeness (QED) is 0.843. The number of rotatable bonds is 4. The minimum Gasteiger partial charge on any atom is -0.309 e. The summed E-state index contributed by atoms with van der Waals surface area (Å²) in [7, 11) is 0. The Labute approximate surface area is 132 Å². The predicted octanol–water partition coefficient (Wildman–Crippen LogP) is 4.95. The van der Waals surface area contributed by atoms with Gasteiger partial charge in [-0.15, -0.1) is 11.3 Å². The number of aromatic nitrogens is 1. The molecule has 1 N–H and O–H groups in total. The van der Waals surface area contributed by atoms with Crippen LogP contribution >= 0.6 is 27.3 Å². The summed E-state index contributed by atoms with van der Waals surface area (Å²) >= 11 is 5.35. The van der Waals surface area contributed by atoms with Crippen LogP contribution in [0.4, 0.5) is 0 Å². The first-order valence-corrected chi connectivity index (χ1v) is 8.88. The summed E-state index contributed by atoms with van der Waals surface area (Å²) in [5, 5.41) is 4.80. The van der Waals surface area contributed by atoms with E-state index in [1.54, 1.807) is 0 Å². The molecule has 1 aliphatic rings. The van der Waals surface area contributed by atoms with Crippen LogP contribution < -0.4 is 5.32 Å². The maximum atomic E-state index is 4.93. The monoisotopic (exact) mass is 350 g/mol. The SMILES string of the molecule is CCCNC1CCCc2sc(-c3ccc(Br)cc3)nc21. The lowest BCUT2D eigenvalue weighted by Gasteiger charge is -2.22. The first-order valence-electron chi connectivity index (χ1n) is 7.27. The van der Waals surface area contributed by atoms with Crippen LogP contribution in [0, 0.1) is 0 Å². The molecule has 0 radical (unpaired) electrons. The van der Waals surface area contributed by atoms with Crippen LogP contribution in [-0.4, -0.2) is 11.5 Å². The molecular formula is C16H19BrN2S. The van der Waals surface area contributed by atoms with Gasteiger partial charge < -0.3 is 5.32 Å². The Morgan fingerprint density at radius 1 is 1.35 bits per heavy atom. The van der Waals surface area contributed by atoms with E-state index in [-0.39, 0.29) is 0 Å². The molecule has 1 aromatic carbocycles. The molecule has 0 bridgehead atoms. The van der Waals surface area contributed by atoms with Crippen LogP contribution in [0.1, 0.15) is 42.8 Å². The largest absolute Gasteiger partial charge is 0.309 e. The van der Waals surface area contributed by atoms with Gasteiger partial charge >= 0.3 is 0 Å². The van der Waals surface area contributed by atoms with Crippen molar-refractivity contribution in [2.24, 2.45) is 0 Å². The third-order valence-corrected chi connectivity index (χ3v) is 5.39. The second-order valence-electron chi connectivity index (χ2n) is 5.23. The highest BCUT2D eigenvalue weighted by atomic mass is 79.9. The Morgan fingerprint density at radius 2 is 2.15 bits per heavy atom. The molecule has 1 unspecified atom stereocenters. The van der Waals surface area contributed by atoms with Gasteiger partial charge in [0.05, 0.1) is 11.7 Å². The zero-order valence-electron chi connectivity index (χ0n) is 11.7. The van der Waals surface area contributed by atoms with Crippen LogP contribution in [0.25, 0.3) is 10.6 Å². The summed E-state index contributed by atoms with van der Waals surface area (Å²) in [4.78, 5) is 6.40. The van der Waals surface area contributed by atoms with Crippen molar-refractivity contribution in [1.82, 2.24) is 10.3 Å². The van der Waals surface area contributed by atoms with Crippen LogP contribution in [0.2, 0.25) is 0 Å². The second-order valence-corrected chi connectivity index (χ2v) is 7.23. The Balaban J connectivity index is 1.88. The molecule has 20 heavy (non-hydrogen) atoms. The number of halogens is 1. The summed E-state index contributed by atoms with van der Waals surface area (Å²) in [6.45, 7) is 3.29. The number of aryl methyl sites for hydroxylation is 1. The summed E-state index contributed by atoms with van der Waals surface area (Å²) in [6, 6.07) is 8.91. The number of benzene rings is 1. The number of fused-ring (bicyclic) bond motifs is 1. The highest BCUT2D eigenvalue weighted by molar-refractivity contribution is 9.10. The van der Waals surface area contributed by atoms with Gasteiger partial charge in [-0.3, -0.25) is 0 Å². The van der Waals surface area contributed by atoms with E-state index < -0.39 is 0 Å². The van der Waals surface area contributed by atoms with Gasteiger partial charge in [0.1, 0.15) is 5.01 Å². The summed E-state index contributed by atoms with van der Waals surface area (Å²) in [5.41, 5.74) is 2.52. The molecule has 1 heterocycles. The van der Waals surface area contributed by atoms with E-state index in [2.05, 4.69) is 52.4 Å². The first kappa shape index (κ1) is 14.2. The standard InChI is InChI=1S/C16H19BrN2S/c1-2-10-18-13-4-3-5-14-15(13)19-16(20-14)11-6-8-12(17)9-7-11/h6-9,13,18H,2-5,10H2,1H3. The van der Waals surface area contributed by atoms with Gasteiger partial charge in [0.15, 0.2) is 0 Å². The number of nitrogens with zero attached hydrogens (tertiary/aromatic N) is 1. The van der Waals surface area contributed by atoms with Crippen LogP contribution in [0.3, 0.4) is 0 Å². The van der Waals surface area contributed by atoms with E-state index in [0.29, 0.717) is 6.04 Å². The Kier molecular flexibility index (Phi) is 4.54. The number of nitrogens with one attached hydrogen (secondary N) is 1. The molecule has 3 rings (SSSR count). The van der Waals surface area contributed by atoms with Crippen molar-refractivity contribution in [3.05, 3.63) is 39.3 Å². The van der Waals surface area contributed by atoms with Crippen LogP contribution in [0.15, 0.2) is 28.7 Å². The minimum absolute atomic E-state index is 0.458. The van der Waals surface area contributed by atoms with Crippen molar-refractivity contribution in [1.29, 1.82) is 0 Å². The fourth-order valence-corrected chi connectivity index (χ4v) is 4.09. The molecule has 2 aromatic rings. The van der Waals surface area contributed by atoms with Crippen molar-refractivity contribution in [3.63, 3.8) is 0 Å². The van der Waals surface area contributed by atoms with Gasteiger partial charge in [0, 0.05) is 14.9 Å².